The van der Waals surface area contributed by atoms with Crippen LogP contribution in [-0.2, 0) is 0 Å². The van der Waals surface area contributed by atoms with Gasteiger partial charge in [0.15, 0.2) is 11.6 Å². The highest BCUT2D eigenvalue weighted by Gasteiger charge is 2.22. The normalized spacial score (nSPS) is 17.4. The summed E-state index contributed by atoms with van der Waals surface area (Å²) in [5, 5.41) is 4.30. The molecule has 0 bridgehead atoms. The quantitative estimate of drug-likeness (QED) is 0.611. The number of aromatic nitrogens is 4. The standard InChI is InChI=1S/C23H31N7O/c1-14(2)30-13-20(11-27-30)31-23-22(25)26-12-21(28-23)18-8-17(16(4)24)9-19(10-18)29-7-5-6-15(29)3/h8-16H,5-7,24H2,1-4H3,(H2,25,26)/t15-,16?/m1/s1. The van der Waals surface area contributed by atoms with E-state index >= 15 is 0 Å². The fraction of sp³-hybridized carbons (Fsp3) is 0.435. The van der Waals surface area contributed by atoms with Crippen LogP contribution >= 0.6 is 0 Å². The van der Waals surface area contributed by atoms with E-state index in [0.29, 0.717) is 17.5 Å². The Morgan fingerprint density at radius 3 is 2.61 bits per heavy atom. The van der Waals surface area contributed by atoms with Crippen LogP contribution < -0.4 is 21.1 Å². The third-order valence-corrected chi connectivity index (χ3v) is 5.73. The van der Waals surface area contributed by atoms with E-state index in [-0.39, 0.29) is 23.8 Å². The van der Waals surface area contributed by atoms with Gasteiger partial charge in [-0.05, 0) is 64.3 Å². The maximum atomic E-state index is 6.24. The second kappa shape index (κ2) is 8.55. The predicted octanol–water partition coefficient (Wildman–Crippen LogP) is 4.30. The molecule has 0 aliphatic carbocycles. The number of hydrogen-bond donors (Lipinski definition) is 2. The van der Waals surface area contributed by atoms with Crippen LogP contribution in [0.15, 0.2) is 36.8 Å². The molecule has 4 N–H and O–H groups in total. The Bertz CT molecular complexity index is 1060. The molecule has 4 rings (SSSR count). The van der Waals surface area contributed by atoms with E-state index in [0.717, 1.165) is 23.4 Å². The molecule has 164 valence electrons. The Labute approximate surface area is 183 Å². The van der Waals surface area contributed by atoms with Gasteiger partial charge in [0.25, 0.3) is 5.88 Å². The van der Waals surface area contributed by atoms with Gasteiger partial charge in [0.1, 0.15) is 0 Å². The van der Waals surface area contributed by atoms with Gasteiger partial charge >= 0.3 is 0 Å². The summed E-state index contributed by atoms with van der Waals surface area (Å²) in [6, 6.07) is 7.04. The van der Waals surface area contributed by atoms with Gasteiger partial charge in [-0.3, -0.25) is 4.68 Å². The third kappa shape index (κ3) is 4.49. The minimum Gasteiger partial charge on any atom is -0.433 e. The molecule has 0 radical (unpaired) electrons. The van der Waals surface area contributed by atoms with Gasteiger partial charge in [-0.25, -0.2) is 9.97 Å². The number of hydrogen-bond acceptors (Lipinski definition) is 7. The molecular weight excluding hydrogens is 390 g/mol. The first-order valence-corrected chi connectivity index (χ1v) is 10.8. The molecule has 1 aliphatic rings. The lowest BCUT2D eigenvalue weighted by Gasteiger charge is -2.25. The van der Waals surface area contributed by atoms with Gasteiger partial charge in [-0.2, -0.15) is 5.10 Å². The van der Waals surface area contributed by atoms with Crippen molar-refractivity contribution in [1.29, 1.82) is 0 Å². The van der Waals surface area contributed by atoms with Crippen molar-refractivity contribution in [2.24, 2.45) is 5.73 Å². The lowest BCUT2D eigenvalue weighted by Crippen LogP contribution is -2.26. The molecule has 1 fully saturated rings. The van der Waals surface area contributed by atoms with Crippen molar-refractivity contribution in [3.8, 4) is 22.9 Å². The van der Waals surface area contributed by atoms with E-state index in [9.17, 15) is 0 Å². The number of nitrogens with two attached hydrogens (primary N) is 2. The number of nitrogens with zero attached hydrogens (tertiary/aromatic N) is 5. The summed E-state index contributed by atoms with van der Waals surface area (Å²) >= 11 is 0. The molecule has 2 aromatic heterocycles. The first-order chi connectivity index (χ1) is 14.8. The van der Waals surface area contributed by atoms with E-state index in [1.54, 1.807) is 12.4 Å². The molecule has 1 aliphatic heterocycles. The van der Waals surface area contributed by atoms with Gasteiger partial charge in [-0.1, -0.05) is 0 Å². The second-order valence-corrected chi connectivity index (χ2v) is 8.58. The molecule has 1 aromatic carbocycles. The molecule has 1 saturated heterocycles. The van der Waals surface area contributed by atoms with Crippen molar-refractivity contribution >= 4 is 11.5 Å². The van der Waals surface area contributed by atoms with Crippen LogP contribution in [-0.4, -0.2) is 32.3 Å². The van der Waals surface area contributed by atoms with Gasteiger partial charge in [0.05, 0.1) is 24.3 Å². The zero-order valence-corrected chi connectivity index (χ0v) is 18.6. The molecule has 8 nitrogen and oxygen atoms in total. The van der Waals surface area contributed by atoms with E-state index in [1.807, 2.05) is 17.8 Å². The fourth-order valence-electron chi connectivity index (χ4n) is 3.89. The SMILES string of the molecule is CC(N)c1cc(-c2cnc(N)c(Oc3cnn(C(C)C)c3)n2)cc(N2CCC[C@H]2C)c1. The largest absolute Gasteiger partial charge is 0.433 e. The average molecular weight is 422 g/mol. The topological polar surface area (TPSA) is 108 Å². The molecule has 0 amide bonds. The van der Waals surface area contributed by atoms with Crippen molar-refractivity contribution < 1.29 is 4.74 Å². The number of benzene rings is 1. The van der Waals surface area contributed by atoms with Crippen molar-refractivity contribution in [2.75, 3.05) is 17.2 Å². The smallest absolute Gasteiger partial charge is 0.263 e. The van der Waals surface area contributed by atoms with Gasteiger partial charge < -0.3 is 21.1 Å². The van der Waals surface area contributed by atoms with E-state index in [2.05, 4.69) is 58.9 Å². The first kappa shape index (κ1) is 21.1. The van der Waals surface area contributed by atoms with Crippen LogP contribution in [0.25, 0.3) is 11.3 Å². The molecule has 1 unspecified atom stereocenters. The van der Waals surface area contributed by atoms with Gasteiger partial charge in [0, 0.05) is 35.9 Å². The summed E-state index contributed by atoms with van der Waals surface area (Å²) in [4.78, 5) is 11.4. The molecule has 3 heterocycles. The van der Waals surface area contributed by atoms with E-state index < -0.39 is 0 Å². The lowest BCUT2D eigenvalue weighted by atomic mass is 10.0. The lowest BCUT2D eigenvalue weighted by molar-refractivity contribution is 0.460. The van der Waals surface area contributed by atoms with Crippen LogP contribution in [0.2, 0.25) is 0 Å². The van der Waals surface area contributed by atoms with Crippen LogP contribution in [0, 0.1) is 0 Å². The molecule has 8 heteroatoms. The van der Waals surface area contributed by atoms with Crippen molar-refractivity contribution in [3.05, 3.63) is 42.4 Å². The highest BCUT2D eigenvalue weighted by Crippen LogP contribution is 2.33. The zero-order valence-electron chi connectivity index (χ0n) is 18.6. The number of rotatable bonds is 6. The van der Waals surface area contributed by atoms with Crippen LogP contribution in [0.3, 0.4) is 0 Å². The molecule has 31 heavy (non-hydrogen) atoms. The minimum atomic E-state index is -0.0871. The van der Waals surface area contributed by atoms with E-state index in [1.165, 1.54) is 12.8 Å². The summed E-state index contributed by atoms with van der Waals surface area (Å²) in [7, 11) is 0. The average Bonchev–Trinajstić information content (AvgIpc) is 3.38. The highest BCUT2D eigenvalue weighted by atomic mass is 16.5. The Kier molecular flexibility index (Phi) is 5.82. The van der Waals surface area contributed by atoms with Crippen molar-refractivity contribution in [3.63, 3.8) is 0 Å². The molecule has 3 aromatic rings. The fourth-order valence-corrected chi connectivity index (χ4v) is 3.89. The third-order valence-electron chi connectivity index (χ3n) is 5.73. The first-order valence-electron chi connectivity index (χ1n) is 10.8. The minimum absolute atomic E-state index is 0.0871. The molecular formula is C23H31N7O. The van der Waals surface area contributed by atoms with Crippen molar-refractivity contribution in [2.45, 2.75) is 58.7 Å². The Morgan fingerprint density at radius 1 is 1.16 bits per heavy atom. The van der Waals surface area contributed by atoms with Crippen LogP contribution in [0.4, 0.5) is 11.5 Å². The summed E-state index contributed by atoms with van der Waals surface area (Å²) in [5.74, 6) is 1.07. The summed E-state index contributed by atoms with van der Waals surface area (Å²) < 4.78 is 7.73. The Balaban J connectivity index is 1.70. The summed E-state index contributed by atoms with van der Waals surface area (Å²) in [6.07, 6.45) is 7.54. The molecule has 2 atom stereocenters. The Morgan fingerprint density at radius 2 is 1.97 bits per heavy atom. The number of anilines is 2. The van der Waals surface area contributed by atoms with Crippen LogP contribution in [0.1, 0.15) is 58.2 Å². The predicted molar refractivity (Wildman–Crippen MR) is 123 cm³/mol. The van der Waals surface area contributed by atoms with E-state index in [4.69, 9.17) is 16.2 Å². The summed E-state index contributed by atoms with van der Waals surface area (Å²) in [5.41, 5.74) is 16.1. The molecule has 0 saturated carbocycles. The second-order valence-electron chi connectivity index (χ2n) is 8.58. The van der Waals surface area contributed by atoms with Gasteiger partial charge in [-0.15, -0.1) is 0 Å². The van der Waals surface area contributed by atoms with Crippen LogP contribution in [0.5, 0.6) is 11.6 Å². The maximum absolute atomic E-state index is 6.24. The monoisotopic (exact) mass is 421 g/mol. The number of ether oxygens (including phenoxy) is 1. The summed E-state index contributed by atoms with van der Waals surface area (Å²) in [6.45, 7) is 9.40. The molecule has 0 spiro atoms. The zero-order chi connectivity index (χ0) is 22.1. The number of nitrogen functional groups attached to an aromatic ring is 1. The highest BCUT2D eigenvalue weighted by molar-refractivity contribution is 5.69. The Hall–Kier alpha value is -3.13. The van der Waals surface area contributed by atoms with Crippen molar-refractivity contribution in [1.82, 2.24) is 19.7 Å². The van der Waals surface area contributed by atoms with Gasteiger partial charge in [0.2, 0.25) is 0 Å². The maximum Gasteiger partial charge on any atom is 0.263 e.